The summed E-state index contributed by atoms with van der Waals surface area (Å²) in [5.74, 6) is -0.525. The summed E-state index contributed by atoms with van der Waals surface area (Å²) >= 11 is 1.26. The number of carbonyl (C=O) groups is 2. The number of nitrogens with one attached hydrogen (secondary N) is 1. The third-order valence-corrected chi connectivity index (χ3v) is 4.11. The number of nitrogens with zero attached hydrogens (tertiary/aromatic N) is 1. The van der Waals surface area contributed by atoms with Crippen molar-refractivity contribution in [2.45, 2.75) is 10.1 Å². The van der Waals surface area contributed by atoms with Crippen LogP contribution in [0.15, 0.2) is 65.6 Å². The van der Waals surface area contributed by atoms with Gasteiger partial charge in [-0.05, 0) is 24.3 Å². The first-order chi connectivity index (χ1) is 9.75. The highest BCUT2D eigenvalue weighted by Crippen LogP contribution is 2.29. The van der Waals surface area contributed by atoms with E-state index in [0.717, 1.165) is 4.90 Å². The molecule has 0 aromatic heterocycles. The first kappa shape index (κ1) is 12.7. The maximum atomic E-state index is 12.3. The van der Waals surface area contributed by atoms with Crippen LogP contribution in [0.2, 0.25) is 0 Å². The largest absolute Gasteiger partial charge is 0.271 e. The van der Waals surface area contributed by atoms with Gasteiger partial charge in [0.25, 0.3) is 11.8 Å². The number of para-hydroxylation sites is 1. The molecule has 1 atom stereocenters. The van der Waals surface area contributed by atoms with Crippen LogP contribution in [0.3, 0.4) is 0 Å². The fourth-order valence-electron chi connectivity index (χ4n) is 1.96. The van der Waals surface area contributed by atoms with Crippen molar-refractivity contribution >= 4 is 29.3 Å². The molecule has 0 aliphatic carbocycles. The highest BCUT2D eigenvalue weighted by Gasteiger charge is 2.40. The summed E-state index contributed by atoms with van der Waals surface area (Å²) in [4.78, 5) is 25.2. The van der Waals surface area contributed by atoms with Gasteiger partial charge in [0.05, 0.1) is 5.69 Å². The Morgan fingerprint density at radius 3 is 2.15 bits per heavy atom. The summed E-state index contributed by atoms with van der Waals surface area (Å²) in [6.45, 7) is 0. The van der Waals surface area contributed by atoms with Crippen molar-refractivity contribution in [3.63, 3.8) is 0 Å². The van der Waals surface area contributed by atoms with Crippen molar-refractivity contribution in [3.8, 4) is 0 Å². The third-order valence-electron chi connectivity index (χ3n) is 2.92. The number of anilines is 1. The van der Waals surface area contributed by atoms with Crippen LogP contribution >= 0.6 is 11.8 Å². The van der Waals surface area contributed by atoms with Gasteiger partial charge in [-0.25, -0.2) is 5.01 Å². The Labute approximate surface area is 120 Å². The number of rotatable bonds is 3. The minimum absolute atomic E-state index is 0.241. The lowest BCUT2D eigenvalue weighted by atomic mass is 10.3. The summed E-state index contributed by atoms with van der Waals surface area (Å²) in [6, 6.07) is 18.5. The fraction of sp³-hybridized carbons (Fsp3) is 0.0667. The van der Waals surface area contributed by atoms with Gasteiger partial charge in [-0.15, -0.1) is 11.8 Å². The second-order valence-electron chi connectivity index (χ2n) is 4.30. The average Bonchev–Trinajstić information content (AvgIpc) is 2.77. The monoisotopic (exact) mass is 284 g/mol. The zero-order valence-electron chi connectivity index (χ0n) is 10.5. The van der Waals surface area contributed by atoms with Crippen molar-refractivity contribution in [1.82, 2.24) is 5.43 Å². The van der Waals surface area contributed by atoms with Gasteiger partial charge < -0.3 is 0 Å². The highest BCUT2D eigenvalue weighted by atomic mass is 32.2. The van der Waals surface area contributed by atoms with E-state index in [0.29, 0.717) is 5.69 Å². The number of benzene rings is 2. The number of amides is 2. The van der Waals surface area contributed by atoms with Gasteiger partial charge >= 0.3 is 0 Å². The van der Waals surface area contributed by atoms with Crippen molar-refractivity contribution in [2.24, 2.45) is 0 Å². The SMILES string of the molecule is O=C1NN(c2ccccc2)C(=O)[C@H]1Sc1ccccc1. The van der Waals surface area contributed by atoms with E-state index in [9.17, 15) is 9.59 Å². The van der Waals surface area contributed by atoms with Crippen molar-refractivity contribution in [3.05, 3.63) is 60.7 Å². The number of hydrogen-bond acceptors (Lipinski definition) is 3. The maximum Gasteiger partial charge on any atom is 0.268 e. The minimum atomic E-state index is -0.738. The summed E-state index contributed by atoms with van der Waals surface area (Å²) in [5, 5.41) is 0.570. The van der Waals surface area contributed by atoms with E-state index in [-0.39, 0.29) is 11.8 Å². The zero-order valence-corrected chi connectivity index (χ0v) is 11.3. The molecular formula is C15H12N2O2S. The smallest absolute Gasteiger partial charge is 0.268 e. The molecule has 0 saturated carbocycles. The van der Waals surface area contributed by atoms with Crippen LogP contribution in [0.5, 0.6) is 0 Å². The lowest BCUT2D eigenvalue weighted by molar-refractivity contribution is -0.121. The summed E-state index contributed by atoms with van der Waals surface area (Å²) in [7, 11) is 0. The molecule has 2 aromatic rings. The van der Waals surface area contributed by atoms with Gasteiger partial charge in [0.15, 0.2) is 5.25 Å². The molecule has 0 spiro atoms. The molecule has 0 bridgehead atoms. The number of thioether (sulfide) groups is 1. The first-order valence-corrected chi connectivity index (χ1v) is 7.05. The van der Waals surface area contributed by atoms with Gasteiger partial charge in [-0.1, -0.05) is 36.4 Å². The van der Waals surface area contributed by atoms with Crippen molar-refractivity contribution < 1.29 is 9.59 Å². The Morgan fingerprint density at radius 1 is 0.900 bits per heavy atom. The predicted octanol–water partition coefficient (Wildman–Crippen LogP) is 2.23. The third kappa shape index (κ3) is 2.40. The second kappa shape index (κ2) is 5.38. The molecule has 1 aliphatic heterocycles. The molecule has 2 aromatic carbocycles. The molecule has 1 saturated heterocycles. The fourth-order valence-corrected chi connectivity index (χ4v) is 2.91. The molecule has 1 heterocycles. The summed E-state index contributed by atoms with van der Waals surface area (Å²) < 4.78 is 0. The minimum Gasteiger partial charge on any atom is -0.271 e. The Balaban J connectivity index is 1.81. The van der Waals surface area contributed by atoms with Gasteiger partial charge in [-0.3, -0.25) is 15.0 Å². The van der Waals surface area contributed by atoms with E-state index in [1.54, 1.807) is 12.1 Å². The summed E-state index contributed by atoms with van der Waals surface area (Å²) in [5.41, 5.74) is 3.28. The van der Waals surface area contributed by atoms with Crippen LogP contribution < -0.4 is 10.4 Å². The second-order valence-corrected chi connectivity index (χ2v) is 5.47. The predicted molar refractivity (Wildman–Crippen MR) is 78.2 cm³/mol. The van der Waals surface area contributed by atoms with E-state index in [4.69, 9.17) is 0 Å². The topological polar surface area (TPSA) is 49.4 Å². The lowest BCUT2D eigenvalue weighted by Gasteiger charge is -2.14. The molecule has 1 aliphatic rings. The molecular weight excluding hydrogens is 272 g/mol. The molecule has 0 radical (unpaired) electrons. The molecule has 3 rings (SSSR count). The van der Waals surface area contributed by atoms with Crippen LogP contribution in [-0.4, -0.2) is 17.1 Å². The Morgan fingerprint density at radius 2 is 1.50 bits per heavy atom. The first-order valence-electron chi connectivity index (χ1n) is 6.17. The van der Waals surface area contributed by atoms with Crippen LogP contribution in [0, 0.1) is 0 Å². The normalized spacial score (nSPS) is 18.2. The Bertz CT molecular complexity index is 631. The van der Waals surface area contributed by atoms with E-state index in [1.165, 1.54) is 16.8 Å². The highest BCUT2D eigenvalue weighted by molar-refractivity contribution is 8.01. The number of hydrazine groups is 1. The van der Waals surface area contributed by atoms with E-state index < -0.39 is 5.25 Å². The quantitative estimate of drug-likeness (QED) is 0.879. The molecule has 20 heavy (non-hydrogen) atoms. The van der Waals surface area contributed by atoms with Gasteiger partial charge in [0.1, 0.15) is 0 Å². The van der Waals surface area contributed by atoms with Crippen LogP contribution in [0.4, 0.5) is 5.69 Å². The Kier molecular flexibility index (Phi) is 3.43. The van der Waals surface area contributed by atoms with Crippen LogP contribution in [-0.2, 0) is 9.59 Å². The van der Waals surface area contributed by atoms with Crippen molar-refractivity contribution in [2.75, 3.05) is 5.01 Å². The molecule has 2 amide bonds. The molecule has 5 heteroatoms. The molecule has 4 nitrogen and oxygen atoms in total. The standard InChI is InChI=1S/C15H12N2O2S/c18-14-13(20-12-9-5-2-6-10-12)15(19)17(16-14)11-7-3-1-4-8-11/h1-10,13H,(H,16,18)/t13-/m0/s1. The van der Waals surface area contributed by atoms with E-state index in [2.05, 4.69) is 5.43 Å². The van der Waals surface area contributed by atoms with Gasteiger partial charge in [-0.2, -0.15) is 0 Å². The Hall–Kier alpha value is -2.27. The van der Waals surface area contributed by atoms with Gasteiger partial charge in [0.2, 0.25) is 0 Å². The molecule has 0 unspecified atom stereocenters. The molecule has 100 valence electrons. The molecule has 1 fully saturated rings. The lowest BCUT2D eigenvalue weighted by Crippen LogP contribution is -2.35. The van der Waals surface area contributed by atoms with Crippen LogP contribution in [0.25, 0.3) is 0 Å². The van der Waals surface area contributed by atoms with E-state index >= 15 is 0 Å². The van der Waals surface area contributed by atoms with Crippen molar-refractivity contribution in [1.29, 1.82) is 0 Å². The van der Waals surface area contributed by atoms with E-state index in [1.807, 2.05) is 48.5 Å². The zero-order chi connectivity index (χ0) is 13.9. The number of carbonyl (C=O) groups excluding carboxylic acids is 2. The number of hydrogen-bond donors (Lipinski definition) is 1. The molecule has 1 N–H and O–H groups in total. The summed E-state index contributed by atoms with van der Waals surface area (Å²) in [6.07, 6.45) is 0. The van der Waals surface area contributed by atoms with Gasteiger partial charge in [0, 0.05) is 4.90 Å². The van der Waals surface area contributed by atoms with Crippen LogP contribution in [0.1, 0.15) is 0 Å². The maximum absolute atomic E-state index is 12.3. The average molecular weight is 284 g/mol.